The van der Waals surface area contributed by atoms with E-state index in [9.17, 15) is 27.1 Å². The number of halogens is 2. The van der Waals surface area contributed by atoms with Crippen molar-refractivity contribution in [3.63, 3.8) is 0 Å². The Bertz CT molecular complexity index is 1920. The summed E-state index contributed by atoms with van der Waals surface area (Å²) in [5.74, 6) is 0.182. The summed E-state index contributed by atoms with van der Waals surface area (Å²) < 4.78 is 61.4. The highest BCUT2D eigenvalue weighted by atomic mass is 32.2. The van der Waals surface area contributed by atoms with Crippen LogP contribution >= 0.6 is 0 Å². The van der Waals surface area contributed by atoms with Gasteiger partial charge in [0.1, 0.15) is 22.8 Å². The van der Waals surface area contributed by atoms with E-state index >= 15 is 0 Å². The second-order valence-electron chi connectivity index (χ2n) is 12.1. The largest absolute Gasteiger partial charge is 0.482 e. The Hall–Kier alpha value is -3.82. The lowest BCUT2D eigenvalue weighted by Gasteiger charge is -2.30. The number of hydrogen-bond acceptors (Lipinski definition) is 8. The quantitative estimate of drug-likeness (QED) is 0.283. The van der Waals surface area contributed by atoms with Crippen LogP contribution in [-0.2, 0) is 16.6 Å². The number of hydrogen-bond donors (Lipinski definition) is 2. The Morgan fingerprint density at radius 1 is 1.23 bits per heavy atom. The topological polar surface area (TPSA) is 148 Å². The summed E-state index contributed by atoms with van der Waals surface area (Å²) in [4.78, 5) is 24.6. The van der Waals surface area contributed by atoms with Crippen LogP contribution in [0.4, 0.5) is 14.6 Å². The van der Waals surface area contributed by atoms with Crippen LogP contribution < -0.4 is 14.8 Å². The van der Waals surface area contributed by atoms with Gasteiger partial charge in [0.25, 0.3) is 5.91 Å². The number of sulfonamides is 1. The predicted molar refractivity (Wildman–Crippen MR) is 158 cm³/mol. The fourth-order valence-corrected chi connectivity index (χ4v) is 7.63. The summed E-state index contributed by atoms with van der Waals surface area (Å²) in [5, 5.41) is 11.1. The zero-order valence-electron chi connectivity index (χ0n) is 24.4. The number of likely N-dealkylation sites (tertiary alicyclic amines) is 1. The maximum absolute atomic E-state index is 13.8. The summed E-state index contributed by atoms with van der Waals surface area (Å²) in [6.07, 6.45) is 2.65. The molecule has 2 bridgehead atoms. The molecule has 1 amide bonds. The van der Waals surface area contributed by atoms with E-state index in [1.165, 1.54) is 13.2 Å². The van der Waals surface area contributed by atoms with E-state index in [-0.39, 0.29) is 28.0 Å². The number of piperidine rings is 1. The smallest absolute Gasteiger partial charge is 0.329 e. The molecule has 3 fully saturated rings. The first kappa shape index (κ1) is 28.9. The average molecular weight is 630 g/mol. The molecule has 0 aromatic carbocycles. The number of aryl methyl sites for hydroxylation is 1. The number of carbonyl (C=O) groups is 1. The van der Waals surface area contributed by atoms with Crippen LogP contribution in [-0.4, -0.2) is 87.9 Å². The molecule has 3 N–H and O–H groups in total. The number of alkyl halides is 2. The van der Waals surface area contributed by atoms with E-state index in [0.717, 1.165) is 24.8 Å². The fraction of sp³-hybridized carbons (Fsp3) is 0.483. The monoisotopic (exact) mass is 629 g/mol. The van der Waals surface area contributed by atoms with Gasteiger partial charge in [-0.1, -0.05) is 0 Å². The summed E-state index contributed by atoms with van der Waals surface area (Å²) in [6.45, 7) is -0.390. The molecule has 1 saturated heterocycles. The number of nitrogens with zero attached hydrogens (tertiary/aromatic N) is 6. The first-order valence-corrected chi connectivity index (χ1v) is 16.3. The Kier molecular flexibility index (Phi) is 6.64. The molecule has 4 unspecified atom stereocenters. The molecule has 15 heteroatoms. The van der Waals surface area contributed by atoms with Crippen molar-refractivity contribution < 1.29 is 31.8 Å². The van der Waals surface area contributed by atoms with Crippen molar-refractivity contribution in [2.75, 3.05) is 24.2 Å². The molecule has 0 radical (unpaired) electrons. The molecule has 3 aliphatic rings. The number of aromatic nitrogens is 4. The zero-order valence-corrected chi connectivity index (χ0v) is 25.2. The summed E-state index contributed by atoms with van der Waals surface area (Å²) in [7, 11) is -2.78. The molecule has 5 heterocycles. The lowest BCUT2D eigenvalue weighted by Crippen LogP contribution is -2.48. The van der Waals surface area contributed by atoms with Gasteiger partial charge in [0.05, 0.1) is 36.9 Å². The average Bonchev–Trinajstić information content (AvgIpc) is 3.41. The van der Waals surface area contributed by atoms with E-state index in [4.69, 9.17) is 15.5 Å². The molecule has 4 aromatic rings. The van der Waals surface area contributed by atoms with Crippen molar-refractivity contribution in [1.29, 1.82) is 0 Å². The molecular formula is C29H33F2N7O5S. The minimum absolute atomic E-state index is 0.0121. The second kappa shape index (κ2) is 10.1. The number of nitrogens with two attached hydrogens (primary N) is 1. The van der Waals surface area contributed by atoms with Crippen LogP contribution in [0.2, 0.25) is 0 Å². The van der Waals surface area contributed by atoms with Crippen molar-refractivity contribution >= 4 is 38.4 Å². The van der Waals surface area contributed by atoms with Crippen molar-refractivity contribution in [2.24, 2.45) is 17.6 Å². The number of fused-ring (bicyclic) bond motifs is 4. The van der Waals surface area contributed by atoms with Gasteiger partial charge >= 0.3 is 6.55 Å². The maximum atomic E-state index is 13.8. The number of aliphatic hydroxyl groups excluding tert-OH is 1. The van der Waals surface area contributed by atoms with Gasteiger partial charge in [0.15, 0.2) is 5.88 Å². The van der Waals surface area contributed by atoms with Gasteiger partial charge < -0.3 is 25.0 Å². The zero-order chi connectivity index (χ0) is 31.2. The number of imidazole rings is 1. The van der Waals surface area contributed by atoms with E-state index < -0.39 is 28.7 Å². The first-order valence-electron chi connectivity index (χ1n) is 14.5. The molecule has 1 aliphatic heterocycles. The third kappa shape index (κ3) is 4.51. The third-order valence-corrected chi connectivity index (χ3v) is 10.2. The first-order chi connectivity index (χ1) is 20.9. The third-order valence-electron chi connectivity index (χ3n) is 9.17. The molecular weight excluding hydrogens is 596 g/mol. The number of carbonyl (C=O) groups excluding carboxylic acids is 1. The van der Waals surface area contributed by atoms with Crippen molar-refractivity contribution in [3.05, 3.63) is 41.6 Å². The van der Waals surface area contributed by atoms with Crippen LogP contribution in [0.3, 0.4) is 0 Å². The Morgan fingerprint density at radius 3 is 2.59 bits per heavy atom. The van der Waals surface area contributed by atoms with Crippen molar-refractivity contribution in [2.45, 2.75) is 57.5 Å². The minimum atomic E-state index is -4.28. The highest BCUT2D eigenvalue weighted by molar-refractivity contribution is 7.92. The number of ether oxygens (including phenoxy) is 1. The fourth-order valence-electron chi connectivity index (χ4n) is 6.90. The molecule has 2 saturated carbocycles. The highest BCUT2D eigenvalue weighted by Crippen LogP contribution is 2.40. The maximum Gasteiger partial charge on any atom is 0.329 e. The number of pyridine rings is 2. The van der Waals surface area contributed by atoms with Crippen LogP contribution in [0.1, 0.15) is 35.3 Å². The highest BCUT2D eigenvalue weighted by Gasteiger charge is 2.52. The molecule has 0 spiro atoms. The number of methoxy groups -OCH3 is 1. The van der Waals surface area contributed by atoms with Crippen LogP contribution in [0, 0.1) is 18.8 Å². The van der Waals surface area contributed by atoms with Crippen LogP contribution in [0.25, 0.3) is 28.1 Å². The van der Waals surface area contributed by atoms with E-state index in [0.29, 0.717) is 64.9 Å². The van der Waals surface area contributed by atoms with Gasteiger partial charge in [-0.15, -0.1) is 0 Å². The SMILES string of the molecule is COc1cc(C(=O)N2CC3CC(O)C2C3N)cc2nc(-c3cc4ccc(N(C(F)F)S(C)(=O)=O)nc4n3CC3CC3)c(C)n12. The molecule has 2 aliphatic carbocycles. The van der Waals surface area contributed by atoms with E-state index in [1.807, 2.05) is 17.6 Å². The summed E-state index contributed by atoms with van der Waals surface area (Å²) in [6, 6.07) is 7.33. The normalized spacial score (nSPS) is 23.4. The lowest BCUT2D eigenvalue weighted by molar-refractivity contribution is 0.0394. The number of anilines is 1. The van der Waals surface area contributed by atoms with Gasteiger partial charge in [-0.3, -0.25) is 9.20 Å². The summed E-state index contributed by atoms with van der Waals surface area (Å²) in [5.41, 5.74) is 9.47. The van der Waals surface area contributed by atoms with Crippen molar-refractivity contribution in [1.82, 2.24) is 23.8 Å². The van der Waals surface area contributed by atoms with Gasteiger partial charge in [0.2, 0.25) is 10.0 Å². The number of aliphatic hydroxyl groups is 1. The van der Waals surface area contributed by atoms with Crippen molar-refractivity contribution in [3.8, 4) is 17.3 Å². The molecule has 4 atom stereocenters. The molecule has 4 aromatic heterocycles. The van der Waals surface area contributed by atoms with E-state index in [1.54, 1.807) is 27.5 Å². The van der Waals surface area contributed by atoms with Crippen LogP contribution in [0.15, 0.2) is 30.3 Å². The second-order valence-corrected chi connectivity index (χ2v) is 14.0. The van der Waals surface area contributed by atoms with Gasteiger partial charge in [-0.25, -0.2) is 18.4 Å². The van der Waals surface area contributed by atoms with Gasteiger partial charge in [0, 0.05) is 36.1 Å². The predicted octanol–water partition coefficient (Wildman–Crippen LogP) is 2.60. The Balaban J connectivity index is 1.34. The van der Waals surface area contributed by atoms with E-state index in [2.05, 4.69) is 4.98 Å². The molecule has 12 nitrogen and oxygen atoms in total. The Morgan fingerprint density at radius 2 is 1.98 bits per heavy atom. The summed E-state index contributed by atoms with van der Waals surface area (Å²) >= 11 is 0. The molecule has 7 rings (SSSR count). The lowest BCUT2D eigenvalue weighted by atomic mass is 10.1. The Labute approximate surface area is 252 Å². The van der Waals surface area contributed by atoms with Gasteiger partial charge in [-0.05, 0) is 62.3 Å². The number of rotatable bonds is 8. The van der Waals surface area contributed by atoms with Gasteiger partial charge in [-0.2, -0.15) is 13.1 Å². The molecule has 234 valence electrons. The van der Waals surface area contributed by atoms with Crippen LogP contribution in [0.5, 0.6) is 5.88 Å². The minimum Gasteiger partial charge on any atom is -0.482 e. The molecule has 44 heavy (non-hydrogen) atoms. The standard InChI is InChI=1S/C29H33F2N7O5S/c1-14-25(19-8-16-6-7-21(38(29(30)31)44(3,41)42)34-27(16)35(19)12-15-4-5-15)33-22-10-17(11-23(43-2)37(14)22)28(40)36-13-18-9-20(39)26(36)24(18)32/h6-8,10-11,15,18,20,24,26,29,39H,4-5,9,12-13,32H2,1-3H3. The number of amides is 1.